The first kappa shape index (κ1) is 23.5. The Bertz CT molecular complexity index is 1670. The van der Waals surface area contributed by atoms with Gasteiger partial charge >= 0.3 is 23.9 Å². The zero-order valence-electron chi connectivity index (χ0n) is 19.1. The summed E-state index contributed by atoms with van der Waals surface area (Å²) in [6.07, 6.45) is 0.525. The van der Waals surface area contributed by atoms with Crippen molar-refractivity contribution >= 4 is 23.9 Å². The van der Waals surface area contributed by atoms with Crippen LogP contribution in [0.3, 0.4) is 0 Å². The Morgan fingerprint density at radius 3 is 1.62 bits per heavy atom. The molecule has 0 spiro atoms. The van der Waals surface area contributed by atoms with Crippen LogP contribution in [0.2, 0.25) is 0 Å². The standard InChI is InChI=1S/C29H18O8/c30-26(31)20-7-5-15(12-23(20)28(34)35)18-9-10-19-17-4-2-1-3-14(17)11-22(19)25(18)16-6-8-21(27(32)33)24(13-16)29(36)37/h1-10,12-13H,11H2,(H,30,31)(H,32,33)(H,34,35)(H,36,37). The Balaban J connectivity index is 1.82. The molecule has 4 N–H and O–H groups in total. The Hall–Kier alpha value is -5.24. The first-order valence-corrected chi connectivity index (χ1v) is 11.1. The lowest BCUT2D eigenvalue weighted by Gasteiger charge is -2.17. The van der Waals surface area contributed by atoms with E-state index in [4.69, 9.17) is 0 Å². The Kier molecular flexibility index (Phi) is 5.56. The molecule has 0 radical (unpaired) electrons. The van der Waals surface area contributed by atoms with E-state index in [0.717, 1.165) is 22.3 Å². The molecule has 4 aromatic rings. The van der Waals surface area contributed by atoms with Crippen LogP contribution in [-0.2, 0) is 6.42 Å². The summed E-state index contributed by atoms with van der Waals surface area (Å²) >= 11 is 0. The van der Waals surface area contributed by atoms with Crippen LogP contribution in [0.5, 0.6) is 0 Å². The molecule has 0 aromatic heterocycles. The number of hydrogen-bond donors (Lipinski definition) is 4. The maximum absolute atomic E-state index is 11.9. The van der Waals surface area contributed by atoms with E-state index in [0.29, 0.717) is 28.7 Å². The fourth-order valence-corrected chi connectivity index (χ4v) is 4.92. The van der Waals surface area contributed by atoms with Crippen molar-refractivity contribution in [3.8, 4) is 33.4 Å². The van der Waals surface area contributed by atoms with Gasteiger partial charge in [0.25, 0.3) is 0 Å². The van der Waals surface area contributed by atoms with Crippen LogP contribution in [0.4, 0.5) is 0 Å². The Morgan fingerprint density at radius 1 is 0.514 bits per heavy atom. The highest BCUT2D eigenvalue weighted by molar-refractivity contribution is 6.05. The molecule has 0 unspecified atom stereocenters. The van der Waals surface area contributed by atoms with E-state index in [1.165, 1.54) is 36.4 Å². The second kappa shape index (κ2) is 8.76. The topological polar surface area (TPSA) is 149 Å². The van der Waals surface area contributed by atoms with Gasteiger partial charge in [0, 0.05) is 0 Å². The lowest BCUT2D eigenvalue weighted by Crippen LogP contribution is -2.09. The van der Waals surface area contributed by atoms with Crippen LogP contribution in [0.1, 0.15) is 52.6 Å². The summed E-state index contributed by atoms with van der Waals surface area (Å²) < 4.78 is 0. The number of carboxylic acid groups (broad SMARTS) is 4. The number of benzene rings is 4. The molecule has 4 aromatic carbocycles. The summed E-state index contributed by atoms with van der Waals surface area (Å²) in [5.74, 6) is -5.53. The molecule has 182 valence electrons. The minimum atomic E-state index is -1.40. The zero-order chi connectivity index (χ0) is 26.4. The molecule has 1 aliphatic carbocycles. The quantitative estimate of drug-likeness (QED) is 0.246. The highest BCUT2D eigenvalue weighted by Crippen LogP contribution is 2.46. The summed E-state index contributed by atoms with van der Waals surface area (Å²) in [5.41, 5.74) is 4.45. The van der Waals surface area contributed by atoms with E-state index in [1.54, 1.807) is 6.07 Å². The fraction of sp³-hybridized carbons (Fsp3) is 0.0345. The summed E-state index contributed by atoms with van der Waals surface area (Å²) in [5, 5.41) is 38.2. The molecule has 0 heterocycles. The number of rotatable bonds is 6. The lowest BCUT2D eigenvalue weighted by molar-refractivity contribution is 0.0651. The molecule has 37 heavy (non-hydrogen) atoms. The van der Waals surface area contributed by atoms with Gasteiger partial charge in [-0.15, -0.1) is 0 Å². The molecule has 8 nitrogen and oxygen atoms in total. The van der Waals surface area contributed by atoms with Gasteiger partial charge in [-0.2, -0.15) is 0 Å². The first-order valence-electron chi connectivity index (χ1n) is 11.1. The molecule has 1 aliphatic rings. The summed E-state index contributed by atoms with van der Waals surface area (Å²) in [6, 6.07) is 19.6. The van der Waals surface area contributed by atoms with Crippen LogP contribution in [0.25, 0.3) is 33.4 Å². The molecule has 0 atom stereocenters. The van der Waals surface area contributed by atoms with Gasteiger partial charge in [0.05, 0.1) is 22.3 Å². The van der Waals surface area contributed by atoms with Gasteiger partial charge in [0.2, 0.25) is 0 Å². The number of hydrogen-bond acceptors (Lipinski definition) is 4. The molecule has 5 rings (SSSR count). The zero-order valence-corrected chi connectivity index (χ0v) is 19.1. The van der Waals surface area contributed by atoms with Crippen molar-refractivity contribution in [2.75, 3.05) is 0 Å². The van der Waals surface area contributed by atoms with Crippen molar-refractivity contribution in [1.82, 2.24) is 0 Å². The predicted molar refractivity (Wildman–Crippen MR) is 133 cm³/mol. The number of aromatic carboxylic acids is 4. The van der Waals surface area contributed by atoms with Gasteiger partial charge in [0.1, 0.15) is 0 Å². The molecule has 0 aliphatic heterocycles. The average Bonchev–Trinajstić information content (AvgIpc) is 3.26. The monoisotopic (exact) mass is 494 g/mol. The lowest BCUT2D eigenvalue weighted by atomic mass is 9.86. The highest BCUT2D eigenvalue weighted by Gasteiger charge is 2.27. The van der Waals surface area contributed by atoms with Crippen LogP contribution >= 0.6 is 0 Å². The van der Waals surface area contributed by atoms with E-state index in [9.17, 15) is 39.6 Å². The van der Waals surface area contributed by atoms with Gasteiger partial charge in [-0.1, -0.05) is 48.5 Å². The smallest absolute Gasteiger partial charge is 0.336 e. The van der Waals surface area contributed by atoms with E-state index < -0.39 is 23.9 Å². The van der Waals surface area contributed by atoms with Crippen molar-refractivity contribution in [3.05, 3.63) is 106 Å². The van der Waals surface area contributed by atoms with Crippen LogP contribution < -0.4 is 0 Å². The Labute approximate surface area is 209 Å². The van der Waals surface area contributed by atoms with Gasteiger partial charge in [-0.05, 0) is 75.2 Å². The number of carboxylic acids is 4. The first-order chi connectivity index (χ1) is 17.7. The van der Waals surface area contributed by atoms with Gasteiger partial charge in [0.15, 0.2) is 0 Å². The molecule has 0 fully saturated rings. The summed E-state index contributed by atoms with van der Waals surface area (Å²) in [4.78, 5) is 46.9. The van der Waals surface area contributed by atoms with Crippen LogP contribution in [0, 0.1) is 0 Å². The molecule has 8 heteroatoms. The number of carbonyl (C=O) groups is 4. The SMILES string of the molecule is O=C(O)c1ccc(-c2ccc3c(c2-c2ccc(C(=O)O)c(C(=O)O)c2)Cc2ccccc2-3)cc1C(=O)O. The maximum atomic E-state index is 11.9. The molecular weight excluding hydrogens is 476 g/mol. The molecule has 0 amide bonds. The molecule has 0 saturated carbocycles. The second-order valence-electron chi connectivity index (χ2n) is 8.59. The third-order valence-corrected chi connectivity index (χ3v) is 6.55. The van der Waals surface area contributed by atoms with Gasteiger partial charge in [-0.3, -0.25) is 0 Å². The van der Waals surface area contributed by atoms with Gasteiger partial charge < -0.3 is 20.4 Å². The van der Waals surface area contributed by atoms with Crippen molar-refractivity contribution in [2.24, 2.45) is 0 Å². The number of fused-ring (bicyclic) bond motifs is 3. The maximum Gasteiger partial charge on any atom is 0.336 e. The summed E-state index contributed by atoms with van der Waals surface area (Å²) in [7, 11) is 0. The van der Waals surface area contributed by atoms with Crippen LogP contribution in [0.15, 0.2) is 72.8 Å². The highest BCUT2D eigenvalue weighted by atomic mass is 16.4. The Morgan fingerprint density at radius 2 is 1.03 bits per heavy atom. The minimum Gasteiger partial charge on any atom is -0.478 e. The molecular formula is C29H18O8. The summed E-state index contributed by atoms with van der Waals surface area (Å²) in [6.45, 7) is 0. The van der Waals surface area contributed by atoms with E-state index in [1.807, 2.05) is 30.3 Å². The normalized spacial score (nSPS) is 11.5. The van der Waals surface area contributed by atoms with Crippen molar-refractivity contribution < 1.29 is 39.6 Å². The molecule has 0 bridgehead atoms. The third kappa shape index (κ3) is 3.90. The predicted octanol–water partition coefficient (Wildman–Crippen LogP) is 5.38. The van der Waals surface area contributed by atoms with Gasteiger partial charge in [-0.25, -0.2) is 19.2 Å². The average molecular weight is 494 g/mol. The van der Waals surface area contributed by atoms with E-state index in [-0.39, 0.29) is 22.3 Å². The fourth-order valence-electron chi connectivity index (χ4n) is 4.92. The van der Waals surface area contributed by atoms with E-state index in [2.05, 4.69) is 0 Å². The minimum absolute atomic E-state index is 0.354. The third-order valence-electron chi connectivity index (χ3n) is 6.55. The van der Waals surface area contributed by atoms with E-state index >= 15 is 0 Å². The van der Waals surface area contributed by atoms with Crippen molar-refractivity contribution in [3.63, 3.8) is 0 Å². The largest absolute Gasteiger partial charge is 0.478 e. The van der Waals surface area contributed by atoms with Crippen LogP contribution in [-0.4, -0.2) is 44.3 Å². The molecule has 0 saturated heterocycles. The van der Waals surface area contributed by atoms with Crippen molar-refractivity contribution in [1.29, 1.82) is 0 Å². The van der Waals surface area contributed by atoms with Crippen molar-refractivity contribution in [2.45, 2.75) is 6.42 Å². The second-order valence-corrected chi connectivity index (χ2v) is 8.59.